The molecule has 0 radical (unpaired) electrons. The fourth-order valence-corrected chi connectivity index (χ4v) is 4.82. The van der Waals surface area contributed by atoms with E-state index in [9.17, 15) is 19.5 Å². The second kappa shape index (κ2) is 10.5. The van der Waals surface area contributed by atoms with Crippen molar-refractivity contribution in [3.63, 3.8) is 0 Å². The van der Waals surface area contributed by atoms with Gasteiger partial charge in [0.2, 0.25) is 5.91 Å². The number of fused-ring (bicyclic) bond motifs is 3. The smallest absolute Gasteiger partial charge is 0.407 e. The first-order chi connectivity index (χ1) is 16.8. The average molecular weight is 481 g/mol. The number of ether oxygens (including phenoxy) is 2. The van der Waals surface area contributed by atoms with E-state index in [-0.39, 0.29) is 25.0 Å². The maximum atomic E-state index is 12.7. The van der Waals surface area contributed by atoms with E-state index < -0.39 is 29.4 Å². The first-order valence-electron chi connectivity index (χ1n) is 12.0. The van der Waals surface area contributed by atoms with Crippen molar-refractivity contribution in [3.05, 3.63) is 59.7 Å². The zero-order chi connectivity index (χ0) is 25.0. The molecule has 0 aromatic heterocycles. The molecule has 2 aromatic rings. The normalized spacial score (nSPS) is 18.0. The Kier molecular flexibility index (Phi) is 7.40. The zero-order valence-corrected chi connectivity index (χ0v) is 20.1. The minimum absolute atomic E-state index is 0.0343. The lowest BCUT2D eigenvalue weighted by Gasteiger charge is -2.33. The lowest BCUT2D eigenvalue weighted by Crippen LogP contribution is -2.50. The van der Waals surface area contributed by atoms with Crippen molar-refractivity contribution in [2.75, 3.05) is 26.4 Å². The van der Waals surface area contributed by atoms with Crippen LogP contribution >= 0.6 is 0 Å². The van der Waals surface area contributed by atoms with Crippen molar-refractivity contribution in [1.82, 2.24) is 10.6 Å². The number of rotatable bonds is 8. The van der Waals surface area contributed by atoms with Gasteiger partial charge in [-0.25, -0.2) is 4.79 Å². The van der Waals surface area contributed by atoms with E-state index in [0.29, 0.717) is 26.1 Å². The Morgan fingerprint density at radius 2 is 1.60 bits per heavy atom. The molecule has 2 amide bonds. The Morgan fingerprint density at radius 3 is 2.17 bits per heavy atom. The van der Waals surface area contributed by atoms with Crippen LogP contribution in [0.3, 0.4) is 0 Å². The van der Waals surface area contributed by atoms with Gasteiger partial charge in [0.25, 0.3) is 0 Å². The molecule has 35 heavy (non-hydrogen) atoms. The first-order valence-corrected chi connectivity index (χ1v) is 12.0. The Hall–Kier alpha value is -3.39. The van der Waals surface area contributed by atoms with Crippen molar-refractivity contribution in [1.29, 1.82) is 0 Å². The monoisotopic (exact) mass is 480 g/mol. The molecule has 1 saturated heterocycles. The van der Waals surface area contributed by atoms with E-state index in [4.69, 9.17) is 9.47 Å². The summed E-state index contributed by atoms with van der Waals surface area (Å²) < 4.78 is 10.8. The fraction of sp³-hybridized carbons (Fsp3) is 0.444. The molecule has 186 valence electrons. The molecule has 2 aliphatic rings. The van der Waals surface area contributed by atoms with Gasteiger partial charge in [-0.05, 0) is 42.0 Å². The largest absolute Gasteiger partial charge is 0.481 e. The zero-order valence-electron chi connectivity index (χ0n) is 20.1. The summed E-state index contributed by atoms with van der Waals surface area (Å²) in [6, 6.07) is 15.7. The van der Waals surface area contributed by atoms with Crippen LogP contribution in [0.5, 0.6) is 0 Å². The highest BCUT2D eigenvalue weighted by Gasteiger charge is 2.41. The maximum absolute atomic E-state index is 12.7. The van der Waals surface area contributed by atoms with Crippen LogP contribution in [-0.2, 0) is 19.1 Å². The van der Waals surface area contributed by atoms with Crippen LogP contribution < -0.4 is 10.6 Å². The minimum atomic E-state index is -1.02. The predicted molar refractivity (Wildman–Crippen MR) is 130 cm³/mol. The number of alkyl carbamates (subject to hydrolysis) is 1. The number of benzene rings is 2. The highest BCUT2D eigenvalue weighted by Crippen LogP contribution is 2.44. The highest BCUT2D eigenvalue weighted by molar-refractivity contribution is 5.82. The predicted octanol–water partition coefficient (Wildman–Crippen LogP) is 3.55. The molecule has 3 N–H and O–H groups in total. The average Bonchev–Trinajstić information content (AvgIpc) is 3.19. The van der Waals surface area contributed by atoms with Crippen LogP contribution in [0.1, 0.15) is 43.7 Å². The first kappa shape index (κ1) is 24.7. The van der Waals surface area contributed by atoms with Gasteiger partial charge in [0.05, 0.1) is 11.3 Å². The summed E-state index contributed by atoms with van der Waals surface area (Å²) in [4.78, 5) is 37.0. The number of hydrogen-bond acceptors (Lipinski definition) is 5. The second-order valence-corrected chi connectivity index (χ2v) is 9.46. The van der Waals surface area contributed by atoms with Crippen molar-refractivity contribution in [3.8, 4) is 11.1 Å². The Morgan fingerprint density at radius 1 is 1.03 bits per heavy atom. The SMILES string of the molecule is CC(NC(=O)OCC1c2ccccc2-c2ccccc21)C(C)C(=O)NCC1(C(=O)O)CCOCC1. The standard InChI is InChI=1S/C27H32N2O6/c1-17(24(30)28-16-27(25(31)32)11-13-34-14-12-27)18(2)29-26(33)35-15-23-21-9-5-3-7-19(21)20-8-4-6-10-22(20)23/h3-10,17-18,23H,11-16H2,1-2H3,(H,28,30)(H,29,33)(H,31,32). The number of carbonyl (C=O) groups excluding carboxylic acids is 2. The molecule has 1 heterocycles. The number of hydrogen-bond donors (Lipinski definition) is 3. The van der Waals surface area contributed by atoms with E-state index in [0.717, 1.165) is 22.3 Å². The lowest BCUT2D eigenvalue weighted by molar-refractivity contribution is -0.154. The Labute approximate surface area is 205 Å². The summed E-state index contributed by atoms with van der Waals surface area (Å²) in [7, 11) is 0. The van der Waals surface area contributed by atoms with E-state index >= 15 is 0 Å². The number of nitrogens with one attached hydrogen (secondary N) is 2. The van der Waals surface area contributed by atoms with E-state index in [2.05, 4.69) is 34.9 Å². The molecule has 2 aromatic carbocycles. The van der Waals surface area contributed by atoms with Gasteiger partial charge < -0.3 is 25.2 Å². The summed E-state index contributed by atoms with van der Waals surface area (Å²) in [6.07, 6.45) is 0.111. The number of carbonyl (C=O) groups is 3. The Bertz CT molecular complexity index is 1050. The van der Waals surface area contributed by atoms with Gasteiger partial charge in [-0.1, -0.05) is 55.5 Å². The van der Waals surface area contributed by atoms with Crippen molar-refractivity contribution in [2.24, 2.45) is 11.3 Å². The van der Waals surface area contributed by atoms with Gasteiger partial charge >= 0.3 is 12.1 Å². The number of carboxylic acids is 1. The maximum Gasteiger partial charge on any atom is 0.407 e. The molecule has 2 unspecified atom stereocenters. The van der Waals surface area contributed by atoms with Crippen LogP contribution in [0.4, 0.5) is 4.79 Å². The molecule has 2 atom stereocenters. The molecule has 8 heteroatoms. The van der Waals surface area contributed by atoms with Crippen LogP contribution in [0, 0.1) is 11.3 Å². The van der Waals surface area contributed by atoms with Crippen LogP contribution in [0.25, 0.3) is 11.1 Å². The van der Waals surface area contributed by atoms with Gasteiger partial charge in [0, 0.05) is 31.7 Å². The van der Waals surface area contributed by atoms with Gasteiger partial charge in [0.1, 0.15) is 6.61 Å². The third-order valence-corrected chi connectivity index (χ3v) is 7.36. The van der Waals surface area contributed by atoms with Crippen LogP contribution in [0.2, 0.25) is 0 Å². The molecule has 0 bridgehead atoms. The lowest BCUT2D eigenvalue weighted by atomic mass is 9.80. The van der Waals surface area contributed by atoms with Crippen molar-refractivity contribution < 1.29 is 29.0 Å². The molecule has 1 aliphatic carbocycles. The highest BCUT2D eigenvalue weighted by atomic mass is 16.5. The molecule has 1 fully saturated rings. The quantitative estimate of drug-likeness (QED) is 0.533. The minimum Gasteiger partial charge on any atom is -0.481 e. The summed E-state index contributed by atoms with van der Waals surface area (Å²) in [5.41, 5.74) is 3.54. The fourth-order valence-electron chi connectivity index (χ4n) is 4.82. The van der Waals surface area contributed by atoms with Gasteiger partial charge in [-0.3, -0.25) is 9.59 Å². The van der Waals surface area contributed by atoms with Crippen LogP contribution in [-0.4, -0.2) is 55.5 Å². The van der Waals surface area contributed by atoms with Gasteiger partial charge in [0.15, 0.2) is 0 Å². The van der Waals surface area contributed by atoms with E-state index in [1.54, 1.807) is 13.8 Å². The summed E-state index contributed by atoms with van der Waals surface area (Å²) in [5.74, 6) is -1.86. The number of aliphatic carboxylic acids is 1. The molecular weight excluding hydrogens is 448 g/mol. The van der Waals surface area contributed by atoms with Gasteiger partial charge in [-0.15, -0.1) is 0 Å². The third kappa shape index (κ3) is 5.17. The number of carboxylic acid groups (broad SMARTS) is 1. The van der Waals surface area contributed by atoms with Crippen LogP contribution in [0.15, 0.2) is 48.5 Å². The molecule has 1 aliphatic heterocycles. The second-order valence-electron chi connectivity index (χ2n) is 9.46. The van der Waals surface area contributed by atoms with Crippen molar-refractivity contribution in [2.45, 2.75) is 38.6 Å². The summed E-state index contributed by atoms with van der Waals surface area (Å²) in [6.45, 7) is 4.37. The molecule has 0 spiro atoms. The molecule has 0 saturated carbocycles. The van der Waals surface area contributed by atoms with Gasteiger partial charge in [-0.2, -0.15) is 0 Å². The van der Waals surface area contributed by atoms with Crippen molar-refractivity contribution >= 4 is 18.0 Å². The van der Waals surface area contributed by atoms with E-state index in [1.165, 1.54) is 0 Å². The van der Waals surface area contributed by atoms with E-state index in [1.807, 2.05) is 24.3 Å². The topological polar surface area (TPSA) is 114 Å². The third-order valence-electron chi connectivity index (χ3n) is 7.36. The summed E-state index contributed by atoms with van der Waals surface area (Å²) in [5, 5.41) is 15.2. The summed E-state index contributed by atoms with van der Waals surface area (Å²) >= 11 is 0. The Balaban J connectivity index is 1.30. The molecular formula is C27H32N2O6. The molecule has 4 rings (SSSR count). The molecule has 8 nitrogen and oxygen atoms in total. The number of amides is 2.